The van der Waals surface area contributed by atoms with Crippen LogP contribution in [-0.2, 0) is 0 Å². The van der Waals surface area contributed by atoms with Crippen molar-refractivity contribution >= 4 is 60.2 Å². The first kappa shape index (κ1) is 19.7. The lowest BCUT2D eigenvalue weighted by atomic mass is 10.1. The van der Waals surface area contributed by atoms with E-state index in [-0.39, 0.29) is 5.78 Å². The molecule has 0 saturated carbocycles. The van der Waals surface area contributed by atoms with Crippen molar-refractivity contribution in [1.82, 2.24) is 0 Å². The number of benzene rings is 4. The quantitative estimate of drug-likeness (QED) is 0.234. The number of thiophene rings is 1. The summed E-state index contributed by atoms with van der Waals surface area (Å²) in [6.07, 6.45) is 0. The zero-order valence-corrected chi connectivity index (χ0v) is 18.9. The van der Waals surface area contributed by atoms with Gasteiger partial charge in [-0.25, -0.2) is 0 Å². The van der Waals surface area contributed by atoms with E-state index in [9.17, 15) is 4.79 Å². The third-order valence-corrected chi connectivity index (χ3v) is 6.76. The van der Waals surface area contributed by atoms with Crippen molar-refractivity contribution in [2.24, 2.45) is 0 Å². The second kappa shape index (κ2) is 8.50. The van der Waals surface area contributed by atoms with Gasteiger partial charge < -0.3 is 4.90 Å². The second-order valence-corrected chi connectivity index (χ2v) is 9.12. The summed E-state index contributed by atoms with van der Waals surface area (Å²) in [6, 6.07) is 36.4. The number of hydrogen-bond acceptors (Lipinski definition) is 3. The molecule has 0 N–H and O–H groups in total. The molecule has 0 aliphatic rings. The highest BCUT2D eigenvalue weighted by molar-refractivity contribution is 9.10. The Morgan fingerprint density at radius 3 is 2.23 bits per heavy atom. The van der Waals surface area contributed by atoms with Gasteiger partial charge in [-0.15, -0.1) is 11.3 Å². The van der Waals surface area contributed by atoms with Crippen LogP contribution < -0.4 is 4.90 Å². The summed E-state index contributed by atoms with van der Waals surface area (Å²) < 4.78 is 0.960. The van der Waals surface area contributed by atoms with E-state index < -0.39 is 0 Å². The van der Waals surface area contributed by atoms with E-state index in [0.29, 0.717) is 5.56 Å². The molecule has 4 heteroatoms. The maximum absolute atomic E-state index is 13.1. The molecule has 150 valence electrons. The van der Waals surface area contributed by atoms with Crippen LogP contribution in [0.5, 0.6) is 0 Å². The van der Waals surface area contributed by atoms with Crippen LogP contribution in [0.4, 0.5) is 16.4 Å². The molecule has 0 bridgehead atoms. The minimum Gasteiger partial charge on any atom is -0.301 e. The summed E-state index contributed by atoms with van der Waals surface area (Å²) in [5.41, 5.74) is 2.84. The van der Waals surface area contributed by atoms with Gasteiger partial charge in [0.2, 0.25) is 5.78 Å². The van der Waals surface area contributed by atoms with Gasteiger partial charge in [0.15, 0.2) is 0 Å². The van der Waals surface area contributed by atoms with E-state index in [1.54, 1.807) is 0 Å². The van der Waals surface area contributed by atoms with Crippen LogP contribution in [-0.4, -0.2) is 5.78 Å². The zero-order chi connectivity index (χ0) is 21.2. The van der Waals surface area contributed by atoms with E-state index in [0.717, 1.165) is 25.7 Å². The molecule has 0 saturated heterocycles. The first-order valence-electron chi connectivity index (χ1n) is 9.94. The van der Waals surface area contributed by atoms with Crippen LogP contribution >= 0.6 is 27.3 Å². The Hall–Kier alpha value is -3.21. The molecule has 0 atom stereocenters. The highest BCUT2D eigenvalue weighted by atomic mass is 79.9. The Kier molecular flexibility index (Phi) is 5.41. The molecule has 0 spiro atoms. The molecular weight excluding hydrogens is 466 g/mol. The highest BCUT2D eigenvalue weighted by Gasteiger charge is 2.19. The number of rotatable bonds is 5. The number of hydrogen-bond donors (Lipinski definition) is 0. The van der Waals surface area contributed by atoms with E-state index in [2.05, 4.69) is 75.4 Å². The molecular formula is C27H18BrNOS. The Morgan fingerprint density at radius 2 is 1.42 bits per heavy atom. The minimum atomic E-state index is 0.0367. The molecule has 4 aromatic carbocycles. The van der Waals surface area contributed by atoms with Crippen molar-refractivity contribution in [3.8, 4) is 0 Å². The fourth-order valence-corrected chi connectivity index (χ4v) is 4.95. The van der Waals surface area contributed by atoms with Gasteiger partial charge in [-0.3, -0.25) is 4.79 Å². The summed E-state index contributed by atoms with van der Waals surface area (Å²) in [5.74, 6) is 0.0367. The van der Waals surface area contributed by atoms with Crippen LogP contribution in [0.1, 0.15) is 15.2 Å². The number of para-hydroxylation sites is 1. The largest absolute Gasteiger partial charge is 0.301 e. The first-order chi connectivity index (χ1) is 15.2. The summed E-state index contributed by atoms with van der Waals surface area (Å²) >= 11 is 4.94. The fraction of sp³-hybridized carbons (Fsp3) is 0. The second-order valence-electron chi connectivity index (χ2n) is 7.14. The SMILES string of the molecule is O=C(c1ccc(Br)cc1)c1ccc(N(c2ccccc2)c2cccc3ccccc23)s1. The van der Waals surface area contributed by atoms with Gasteiger partial charge >= 0.3 is 0 Å². The lowest BCUT2D eigenvalue weighted by Gasteiger charge is -2.25. The maximum atomic E-state index is 13.1. The number of carbonyl (C=O) groups is 1. The highest BCUT2D eigenvalue weighted by Crippen LogP contribution is 2.42. The Morgan fingerprint density at radius 1 is 0.710 bits per heavy atom. The van der Waals surface area contributed by atoms with Gasteiger partial charge in [0.25, 0.3) is 0 Å². The molecule has 5 aromatic rings. The molecule has 1 heterocycles. The molecule has 0 radical (unpaired) electrons. The van der Waals surface area contributed by atoms with Gasteiger partial charge in [0, 0.05) is 21.1 Å². The average molecular weight is 484 g/mol. The number of fused-ring (bicyclic) bond motifs is 1. The maximum Gasteiger partial charge on any atom is 0.203 e. The van der Waals surface area contributed by atoms with Gasteiger partial charge in [0.05, 0.1) is 10.6 Å². The predicted molar refractivity (Wildman–Crippen MR) is 134 cm³/mol. The topological polar surface area (TPSA) is 20.3 Å². The summed E-state index contributed by atoms with van der Waals surface area (Å²) in [4.78, 5) is 16.0. The number of carbonyl (C=O) groups excluding carboxylic acids is 1. The number of anilines is 3. The summed E-state index contributed by atoms with van der Waals surface area (Å²) in [5, 5.41) is 3.36. The third kappa shape index (κ3) is 3.92. The van der Waals surface area contributed by atoms with E-state index in [4.69, 9.17) is 0 Å². The fourth-order valence-electron chi connectivity index (χ4n) is 3.68. The van der Waals surface area contributed by atoms with Crippen molar-refractivity contribution in [3.05, 3.63) is 124 Å². The normalized spacial score (nSPS) is 10.9. The molecule has 5 rings (SSSR count). The molecule has 1 aromatic heterocycles. The molecule has 0 aliphatic heterocycles. The van der Waals surface area contributed by atoms with Gasteiger partial charge in [0.1, 0.15) is 5.00 Å². The molecule has 0 fully saturated rings. The van der Waals surface area contributed by atoms with Crippen LogP contribution in [0.2, 0.25) is 0 Å². The van der Waals surface area contributed by atoms with Crippen LogP contribution in [0, 0.1) is 0 Å². The van der Waals surface area contributed by atoms with Crippen LogP contribution in [0.15, 0.2) is 114 Å². The Labute approximate surface area is 193 Å². The number of nitrogens with zero attached hydrogens (tertiary/aromatic N) is 1. The molecule has 31 heavy (non-hydrogen) atoms. The van der Waals surface area contributed by atoms with E-state index in [1.165, 1.54) is 22.1 Å². The minimum absolute atomic E-state index is 0.0367. The van der Waals surface area contributed by atoms with E-state index >= 15 is 0 Å². The summed E-state index contributed by atoms with van der Waals surface area (Å²) in [7, 11) is 0. The average Bonchev–Trinajstić information content (AvgIpc) is 3.30. The van der Waals surface area contributed by atoms with Crippen molar-refractivity contribution in [2.45, 2.75) is 0 Å². The summed E-state index contributed by atoms with van der Waals surface area (Å²) in [6.45, 7) is 0. The van der Waals surface area contributed by atoms with E-state index in [1.807, 2.05) is 54.6 Å². The van der Waals surface area contributed by atoms with Crippen molar-refractivity contribution in [2.75, 3.05) is 4.90 Å². The predicted octanol–water partition coefficient (Wildman–Crippen LogP) is 8.36. The van der Waals surface area contributed by atoms with Crippen LogP contribution in [0.25, 0.3) is 10.8 Å². The third-order valence-electron chi connectivity index (χ3n) is 5.16. The molecule has 2 nitrogen and oxygen atoms in total. The van der Waals surface area contributed by atoms with Gasteiger partial charge in [-0.05, 0) is 60.0 Å². The Bertz CT molecular complexity index is 1350. The van der Waals surface area contributed by atoms with Gasteiger partial charge in [-0.2, -0.15) is 0 Å². The first-order valence-corrected chi connectivity index (χ1v) is 11.5. The number of ketones is 1. The molecule has 0 amide bonds. The van der Waals surface area contributed by atoms with Crippen molar-refractivity contribution in [1.29, 1.82) is 0 Å². The molecule has 0 unspecified atom stereocenters. The molecule has 0 aliphatic carbocycles. The Balaban J connectivity index is 1.62. The zero-order valence-electron chi connectivity index (χ0n) is 16.5. The monoisotopic (exact) mass is 483 g/mol. The standard InChI is InChI=1S/C27H18BrNOS/c28-21-15-13-20(14-16-21)27(30)25-17-18-26(31-25)29(22-9-2-1-3-10-22)24-12-6-8-19-7-4-5-11-23(19)24/h1-18H. The lowest BCUT2D eigenvalue weighted by molar-refractivity contribution is 0.104. The van der Waals surface area contributed by atoms with Gasteiger partial charge in [-0.1, -0.05) is 70.5 Å². The van der Waals surface area contributed by atoms with Crippen LogP contribution in [0.3, 0.4) is 0 Å². The lowest BCUT2D eigenvalue weighted by Crippen LogP contribution is -2.08. The number of halogens is 1. The van der Waals surface area contributed by atoms with Crippen molar-refractivity contribution < 1.29 is 4.79 Å². The van der Waals surface area contributed by atoms with Crippen molar-refractivity contribution in [3.63, 3.8) is 0 Å². The smallest absolute Gasteiger partial charge is 0.203 e.